The SMILES string of the molecule is CCCC1CCC(c2ccc(C#Cc3c(F)cc(C)cc3F)cc2)CC1. The van der Waals surface area contributed by atoms with Gasteiger partial charge in [-0.15, -0.1) is 0 Å². The Hall–Kier alpha value is -2.14. The zero-order valence-corrected chi connectivity index (χ0v) is 15.6. The molecule has 2 aromatic carbocycles. The number of hydrogen-bond acceptors (Lipinski definition) is 0. The monoisotopic (exact) mass is 352 g/mol. The van der Waals surface area contributed by atoms with Crippen molar-refractivity contribution in [3.8, 4) is 11.8 Å². The number of hydrogen-bond donors (Lipinski definition) is 0. The van der Waals surface area contributed by atoms with E-state index in [0.717, 1.165) is 11.5 Å². The van der Waals surface area contributed by atoms with Crippen LogP contribution in [-0.2, 0) is 0 Å². The summed E-state index contributed by atoms with van der Waals surface area (Å²) in [6, 6.07) is 10.8. The van der Waals surface area contributed by atoms with Crippen molar-refractivity contribution in [3.63, 3.8) is 0 Å². The third-order valence-electron chi connectivity index (χ3n) is 5.44. The summed E-state index contributed by atoms with van der Waals surface area (Å²) in [5.74, 6) is 5.87. The van der Waals surface area contributed by atoms with Crippen molar-refractivity contribution in [3.05, 3.63) is 70.3 Å². The topological polar surface area (TPSA) is 0 Å². The average Bonchev–Trinajstić information content (AvgIpc) is 2.62. The zero-order valence-electron chi connectivity index (χ0n) is 15.6. The number of aryl methyl sites for hydroxylation is 1. The molecule has 2 heteroatoms. The number of halogens is 2. The summed E-state index contributed by atoms with van der Waals surface area (Å²) in [6.45, 7) is 3.93. The van der Waals surface area contributed by atoms with Crippen molar-refractivity contribution in [2.75, 3.05) is 0 Å². The van der Waals surface area contributed by atoms with E-state index in [1.807, 2.05) is 12.1 Å². The van der Waals surface area contributed by atoms with Gasteiger partial charge < -0.3 is 0 Å². The molecular weight excluding hydrogens is 326 g/mol. The van der Waals surface area contributed by atoms with E-state index in [0.29, 0.717) is 11.5 Å². The van der Waals surface area contributed by atoms with Crippen LogP contribution in [0.25, 0.3) is 0 Å². The third-order valence-corrected chi connectivity index (χ3v) is 5.44. The summed E-state index contributed by atoms with van der Waals surface area (Å²) in [5.41, 5.74) is 2.54. The Balaban J connectivity index is 1.68. The van der Waals surface area contributed by atoms with E-state index >= 15 is 0 Å². The summed E-state index contributed by atoms with van der Waals surface area (Å²) >= 11 is 0. The maximum Gasteiger partial charge on any atom is 0.142 e. The van der Waals surface area contributed by atoms with E-state index in [4.69, 9.17) is 0 Å². The predicted molar refractivity (Wildman–Crippen MR) is 103 cm³/mol. The van der Waals surface area contributed by atoms with Gasteiger partial charge in [0.15, 0.2) is 0 Å². The molecule has 3 rings (SSSR count). The molecule has 0 atom stereocenters. The van der Waals surface area contributed by atoms with Crippen LogP contribution < -0.4 is 0 Å². The van der Waals surface area contributed by atoms with Gasteiger partial charge in [-0.2, -0.15) is 0 Å². The van der Waals surface area contributed by atoms with Gasteiger partial charge in [-0.25, -0.2) is 8.78 Å². The number of rotatable bonds is 3. The summed E-state index contributed by atoms with van der Waals surface area (Å²) in [6.07, 6.45) is 7.81. The van der Waals surface area contributed by atoms with E-state index in [9.17, 15) is 8.78 Å². The summed E-state index contributed by atoms with van der Waals surface area (Å²) < 4.78 is 27.7. The largest absolute Gasteiger partial charge is 0.206 e. The van der Waals surface area contributed by atoms with Crippen LogP contribution in [0, 0.1) is 36.3 Å². The molecule has 0 spiro atoms. The van der Waals surface area contributed by atoms with Crippen molar-refractivity contribution in [1.29, 1.82) is 0 Å². The van der Waals surface area contributed by atoms with Crippen LogP contribution in [0.2, 0.25) is 0 Å². The van der Waals surface area contributed by atoms with Crippen molar-refractivity contribution in [2.24, 2.45) is 5.92 Å². The fraction of sp³-hybridized carbons (Fsp3) is 0.417. The molecule has 0 aliphatic heterocycles. The second-order valence-corrected chi connectivity index (χ2v) is 7.48. The van der Waals surface area contributed by atoms with Crippen LogP contribution in [0.15, 0.2) is 36.4 Å². The lowest BCUT2D eigenvalue weighted by Gasteiger charge is -2.28. The van der Waals surface area contributed by atoms with Gasteiger partial charge in [0.05, 0.1) is 5.56 Å². The van der Waals surface area contributed by atoms with Crippen molar-refractivity contribution >= 4 is 0 Å². The van der Waals surface area contributed by atoms with E-state index in [-0.39, 0.29) is 5.56 Å². The maximum absolute atomic E-state index is 13.9. The Morgan fingerprint density at radius 1 is 0.923 bits per heavy atom. The second-order valence-electron chi connectivity index (χ2n) is 7.48. The molecule has 0 heterocycles. The lowest BCUT2D eigenvalue weighted by Crippen LogP contribution is -2.13. The molecule has 0 aromatic heterocycles. The predicted octanol–water partition coefficient (Wildman–Crippen LogP) is 6.75. The van der Waals surface area contributed by atoms with E-state index in [1.54, 1.807) is 6.92 Å². The third kappa shape index (κ3) is 4.52. The normalized spacial score (nSPS) is 19.7. The van der Waals surface area contributed by atoms with Gasteiger partial charge in [0.2, 0.25) is 0 Å². The molecule has 0 bridgehead atoms. The van der Waals surface area contributed by atoms with Crippen LogP contribution >= 0.6 is 0 Å². The first-order valence-electron chi connectivity index (χ1n) is 9.64. The smallest absolute Gasteiger partial charge is 0.142 e. The molecule has 1 aliphatic rings. The highest BCUT2D eigenvalue weighted by Gasteiger charge is 2.21. The molecule has 0 unspecified atom stereocenters. The average molecular weight is 352 g/mol. The van der Waals surface area contributed by atoms with Crippen molar-refractivity contribution in [1.82, 2.24) is 0 Å². The molecule has 1 saturated carbocycles. The Bertz CT molecular complexity index is 777. The molecule has 0 N–H and O–H groups in total. The minimum atomic E-state index is -0.601. The Morgan fingerprint density at radius 3 is 2.12 bits per heavy atom. The van der Waals surface area contributed by atoms with Crippen LogP contribution in [0.5, 0.6) is 0 Å². The second kappa shape index (κ2) is 8.49. The van der Waals surface area contributed by atoms with Crippen molar-refractivity contribution in [2.45, 2.75) is 58.3 Å². The lowest BCUT2D eigenvalue weighted by atomic mass is 9.77. The molecule has 2 aromatic rings. The Labute approximate surface area is 155 Å². The van der Waals surface area contributed by atoms with E-state index < -0.39 is 11.6 Å². The van der Waals surface area contributed by atoms with Gasteiger partial charge in [-0.3, -0.25) is 0 Å². The lowest BCUT2D eigenvalue weighted by molar-refractivity contribution is 0.308. The maximum atomic E-state index is 13.9. The van der Waals surface area contributed by atoms with Gasteiger partial charge in [0.1, 0.15) is 11.6 Å². The molecule has 136 valence electrons. The van der Waals surface area contributed by atoms with Crippen LogP contribution in [-0.4, -0.2) is 0 Å². The molecule has 1 aliphatic carbocycles. The molecule has 26 heavy (non-hydrogen) atoms. The van der Waals surface area contributed by atoms with Gasteiger partial charge in [-0.05, 0) is 79.8 Å². The van der Waals surface area contributed by atoms with Gasteiger partial charge in [0.25, 0.3) is 0 Å². The van der Waals surface area contributed by atoms with E-state index in [2.05, 4.69) is 30.9 Å². The van der Waals surface area contributed by atoms with Crippen LogP contribution in [0.3, 0.4) is 0 Å². The molecule has 0 radical (unpaired) electrons. The Morgan fingerprint density at radius 2 is 1.54 bits per heavy atom. The first-order chi connectivity index (χ1) is 12.6. The molecule has 0 amide bonds. The molecule has 0 saturated heterocycles. The first-order valence-corrected chi connectivity index (χ1v) is 9.64. The van der Waals surface area contributed by atoms with Crippen molar-refractivity contribution < 1.29 is 8.78 Å². The fourth-order valence-corrected chi connectivity index (χ4v) is 3.99. The standard InChI is InChI=1S/C24H26F2/c1-3-4-18-5-10-20(11-6-18)21-12-7-19(8-13-21)9-14-22-23(25)15-17(2)16-24(22)26/h7-8,12-13,15-16,18,20H,3-6,10-11H2,1-2H3. The van der Waals surface area contributed by atoms with Crippen LogP contribution in [0.4, 0.5) is 8.78 Å². The molecule has 0 nitrogen and oxygen atoms in total. The minimum absolute atomic E-state index is 0.158. The first kappa shape index (κ1) is 18.6. The summed E-state index contributed by atoms with van der Waals surface area (Å²) in [4.78, 5) is 0. The highest BCUT2D eigenvalue weighted by Crippen LogP contribution is 2.37. The fourth-order valence-electron chi connectivity index (χ4n) is 3.99. The van der Waals surface area contributed by atoms with Crippen LogP contribution in [0.1, 0.15) is 73.6 Å². The Kier molecular flexibility index (Phi) is 6.09. The molecular formula is C24H26F2. The van der Waals surface area contributed by atoms with Gasteiger partial charge in [-0.1, -0.05) is 43.7 Å². The summed E-state index contributed by atoms with van der Waals surface area (Å²) in [5, 5.41) is 0. The minimum Gasteiger partial charge on any atom is -0.206 e. The highest BCUT2D eigenvalue weighted by atomic mass is 19.1. The van der Waals surface area contributed by atoms with Gasteiger partial charge >= 0.3 is 0 Å². The summed E-state index contributed by atoms with van der Waals surface area (Å²) in [7, 11) is 0. The van der Waals surface area contributed by atoms with Gasteiger partial charge in [0, 0.05) is 5.56 Å². The number of benzene rings is 2. The van der Waals surface area contributed by atoms with E-state index in [1.165, 1.54) is 56.2 Å². The highest BCUT2D eigenvalue weighted by molar-refractivity contribution is 5.45. The molecule has 1 fully saturated rings. The quantitative estimate of drug-likeness (QED) is 0.536. The zero-order chi connectivity index (χ0) is 18.5.